The molecule has 22 heavy (non-hydrogen) atoms. The lowest BCUT2D eigenvalue weighted by atomic mass is 9.82. The average molecular weight is 306 g/mol. The first-order chi connectivity index (χ1) is 10.1. The predicted molar refractivity (Wildman–Crippen MR) is 96.5 cm³/mol. The fraction of sp³-hybridized carbons (Fsp3) is 0.684. The number of hydrogen-bond acceptors (Lipinski definition) is 3. The van der Waals surface area contributed by atoms with Gasteiger partial charge in [-0.05, 0) is 62.8 Å². The third-order valence-corrected chi connectivity index (χ3v) is 3.53. The van der Waals surface area contributed by atoms with Crippen molar-refractivity contribution in [3.63, 3.8) is 0 Å². The first kappa shape index (κ1) is 18.8. The Labute approximate surface area is 136 Å². The van der Waals surface area contributed by atoms with Crippen LogP contribution in [0.25, 0.3) is 0 Å². The van der Waals surface area contributed by atoms with Crippen molar-refractivity contribution >= 4 is 5.69 Å². The molecule has 0 aliphatic carbocycles. The zero-order chi connectivity index (χ0) is 16.8. The summed E-state index contributed by atoms with van der Waals surface area (Å²) in [5.74, 6) is 0.798. The summed E-state index contributed by atoms with van der Waals surface area (Å²) in [5.41, 5.74) is 8.52. The number of hydrogen-bond donors (Lipinski definition) is 2. The van der Waals surface area contributed by atoms with E-state index in [0.29, 0.717) is 12.0 Å². The molecular weight excluding hydrogens is 272 g/mol. The highest BCUT2D eigenvalue weighted by molar-refractivity contribution is 5.54. The Morgan fingerprint density at radius 1 is 1.14 bits per heavy atom. The lowest BCUT2D eigenvalue weighted by molar-refractivity contribution is 0.243. The Kier molecular flexibility index (Phi) is 6.73. The summed E-state index contributed by atoms with van der Waals surface area (Å²) >= 11 is 0. The van der Waals surface area contributed by atoms with E-state index in [9.17, 15) is 0 Å². The number of anilines is 1. The first-order valence-electron chi connectivity index (χ1n) is 8.39. The molecule has 0 spiro atoms. The van der Waals surface area contributed by atoms with Gasteiger partial charge in [-0.15, -0.1) is 0 Å². The minimum atomic E-state index is 0.147. The van der Waals surface area contributed by atoms with Crippen molar-refractivity contribution in [3.05, 3.63) is 23.8 Å². The molecule has 0 unspecified atom stereocenters. The minimum Gasteiger partial charge on any atom is -0.491 e. The van der Waals surface area contributed by atoms with E-state index < -0.39 is 0 Å². The van der Waals surface area contributed by atoms with Crippen LogP contribution in [0, 0.1) is 5.41 Å². The topological polar surface area (TPSA) is 47.3 Å². The number of benzene rings is 1. The second kappa shape index (κ2) is 7.87. The highest BCUT2D eigenvalue weighted by Crippen LogP contribution is 2.27. The second-order valence-corrected chi connectivity index (χ2v) is 8.02. The summed E-state index contributed by atoms with van der Waals surface area (Å²) in [6.45, 7) is 15.2. The molecule has 0 saturated heterocycles. The molecule has 1 aromatic carbocycles. The number of ether oxygens (including phenoxy) is 1. The van der Waals surface area contributed by atoms with Crippen molar-refractivity contribution in [2.75, 3.05) is 18.9 Å². The largest absolute Gasteiger partial charge is 0.491 e. The molecule has 0 atom stereocenters. The van der Waals surface area contributed by atoms with Crippen LogP contribution in [0.4, 0.5) is 5.69 Å². The maximum atomic E-state index is 6.06. The van der Waals surface area contributed by atoms with Gasteiger partial charge >= 0.3 is 0 Å². The molecule has 0 saturated carbocycles. The number of nitrogen functional groups attached to an aromatic ring is 1. The highest BCUT2D eigenvalue weighted by Gasteiger charge is 2.24. The Balaban J connectivity index is 2.50. The summed E-state index contributed by atoms with van der Waals surface area (Å²) in [4.78, 5) is 0. The molecule has 0 heterocycles. The maximum Gasteiger partial charge on any atom is 0.142 e. The van der Waals surface area contributed by atoms with Crippen LogP contribution in [0.1, 0.15) is 59.9 Å². The number of nitrogens with two attached hydrogens (primary N) is 1. The molecule has 3 heteroatoms. The van der Waals surface area contributed by atoms with E-state index in [1.165, 1.54) is 5.56 Å². The number of rotatable bonds is 8. The molecule has 0 radical (unpaired) electrons. The van der Waals surface area contributed by atoms with Crippen molar-refractivity contribution in [1.29, 1.82) is 0 Å². The minimum absolute atomic E-state index is 0.147. The molecule has 0 bridgehead atoms. The van der Waals surface area contributed by atoms with Crippen molar-refractivity contribution < 1.29 is 4.74 Å². The molecule has 3 N–H and O–H groups in total. The fourth-order valence-corrected chi connectivity index (χ4v) is 3.03. The Hall–Kier alpha value is -1.22. The van der Waals surface area contributed by atoms with Gasteiger partial charge in [-0.3, -0.25) is 0 Å². The van der Waals surface area contributed by atoms with Crippen molar-refractivity contribution in [3.8, 4) is 5.75 Å². The highest BCUT2D eigenvalue weighted by atomic mass is 16.5. The van der Waals surface area contributed by atoms with E-state index in [-0.39, 0.29) is 5.54 Å². The smallest absolute Gasteiger partial charge is 0.142 e. The van der Waals surface area contributed by atoms with E-state index in [2.05, 4.69) is 52.9 Å². The standard InChI is InChI=1S/C19H34N2O/c1-7-12-22-17-9-8-15(13-16(17)20)10-11-21-19(5,6)14-18(2,3)4/h8-9,13,21H,7,10-12,14,20H2,1-6H3. The molecule has 0 aromatic heterocycles. The van der Waals surface area contributed by atoms with Gasteiger partial charge in [-0.2, -0.15) is 0 Å². The summed E-state index contributed by atoms with van der Waals surface area (Å²) in [6, 6.07) is 6.13. The van der Waals surface area contributed by atoms with Gasteiger partial charge in [0, 0.05) is 5.54 Å². The van der Waals surface area contributed by atoms with E-state index in [0.717, 1.165) is 37.2 Å². The average Bonchev–Trinajstić information content (AvgIpc) is 2.34. The Bertz CT molecular complexity index is 461. The van der Waals surface area contributed by atoms with Crippen LogP contribution in [-0.2, 0) is 6.42 Å². The van der Waals surface area contributed by atoms with E-state index in [4.69, 9.17) is 10.5 Å². The van der Waals surface area contributed by atoms with Crippen LogP contribution in [0.2, 0.25) is 0 Å². The summed E-state index contributed by atoms with van der Waals surface area (Å²) in [6.07, 6.45) is 3.12. The third-order valence-electron chi connectivity index (χ3n) is 3.53. The van der Waals surface area contributed by atoms with Crippen molar-refractivity contribution in [2.45, 2.75) is 66.3 Å². The molecule has 0 aliphatic rings. The van der Waals surface area contributed by atoms with Crippen LogP contribution >= 0.6 is 0 Å². The second-order valence-electron chi connectivity index (χ2n) is 8.02. The Morgan fingerprint density at radius 3 is 2.36 bits per heavy atom. The zero-order valence-electron chi connectivity index (χ0n) is 15.3. The third kappa shape index (κ3) is 7.17. The fourth-order valence-electron chi connectivity index (χ4n) is 3.03. The van der Waals surface area contributed by atoms with Crippen molar-refractivity contribution in [2.24, 2.45) is 5.41 Å². The van der Waals surface area contributed by atoms with Crippen LogP contribution in [-0.4, -0.2) is 18.7 Å². The van der Waals surface area contributed by atoms with Gasteiger partial charge in [0.25, 0.3) is 0 Å². The molecule has 1 rings (SSSR count). The van der Waals surface area contributed by atoms with Gasteiger partial charge in [-0.25, -0.2) is 0 Å². The van der Waals surface area contributed by atoms with E-state index in [1.807, 2.05) is 12.1 Å². The SMILES string of the molecule is CCCOc1ccc(CCNC(C)(C)CC(C)(C)C)cc1N. The van der Waals surface area contributed by atoms with Gasteiger partial charge in [0.2, 0.25) is 0 Å². The molecule has 0 amide bonds. The Morgan fingerprint density at radius 2 is 1.82 bits per heavy atom. The van der Waals surface area contributed by atoms with E-state index in [1.54, 1.807) is 0 Å². The lowest BCUT2D eigenvalue weighted by Gasteiger charge is -2.33. The normalized spacial score (nSPS) is 12.5. The van der Waals surface area contributed by atoms with E-state index >= 15 is 0 Å². The molecule has 3 nitrogen and oxygen atoms in total. The lowest BCUT2D eigenvalue weighted by Crippen LogP contribution is -2.43. The predicted octanol–water partition coefficient (Wildman–Crippen LogP) is 4.40. The summed E-state index contributed by atoms with van der Waals surface area (Å²) < 4.78 is 5.61. The van der Waals surface area contributed by atoms with Crippen LogP contribution in [0.3, 0.4) is 0 Å². The molecule has 1 aromatic rings. The number of nitrogens with one attached hydrogen (secondary N) is 1. The molecule has 0 aliphatic heterocycles. The van der Waals surface area contributed by atoms with Gasteiger partial charge in [-0.1, -0.05) is 33.8 Å². The van der Waals surface area contributed by atoms with Crippen molar-refractivity contribution in [1.82, 2.24) is 5.32 Å². The van der Waals surface area contributed by atoms with Crippen LogP contribution in [0.15, 0.2) is 18.2 Å². The monoisotopic (exact) mass is 306 g/mol. The van der Waals surface area contributed by atoms with Crippen LogP contribution in [0.5, 0.6) is 5.75 Å². The zero-order valence-corrected chi connectivity index (χ0v) is 15.3. The van der Waals surface area contributed by atoms with Gasteiger partial charge in [0.1, 0.15) is 5.75 Å². The van der Waals surface area contributed by atoms with Gasteiger partial charge < -0.3 is 15.8 Å². The van der Waals surface area contributed by atoms with Gasteiger partial charge in [0.05, 0.1) is 12.3 Å². The van der Waals surface area contributed by atoms with Crippen LogP contribution < -0.4 is 15.8 Å². The summed E-state index contributed by atoms with van der Waals surface area (Å²) in [5, 5.41) is 3.66. The summed E-state index contributed by atoms with van der Waals surface area (Å²) in [7, 11) is 0. The molecule has 126 valence electrons. The van der Waals surface area contributed by atoms with Gasteiger partial charge in [0.15, 0.2) is 0 Å². The molecule has 0 fully saturated rings. The molecular formula is C19H34N2O. The first-order valence-corrected chi connectivity index (χ1v) is 8.39. The quantitative estimate of drug-likeness (QED) is 0.700. The maximum absolute atomic E-state index is 6.06.